The van der Waals surface area contributed by atoms with Gasteiger partial charge in [0.1, 0.15) is 6.04 Å². The molecule has 1 fully saturated rings. The van der Waals surface area contributed by atoms with Crippen molar-refractivity contribution in [3.63, 3.8) is 0 Å². The van der Waals surface area contributed by atoms with Gasteiger partial charge in [0.2, 0.25) is 15.9 Å². The Balaban J connectivity index is 2.33. The highest BCUT2D eigenvalue weighted by Crippen LogP contribution is 2.30. The van der Waals surface area contributed by atoms with Gasteiger partial charge >= 0.3 is 6.18 Å². The SMILES string of the molecule is CC1C(=O)NCCN1S(=O)(=O)c1ccc(C(F)(F)F)cc1. The quantitative estimate of drug-likeness (QED) is 0.890. The zero-order chi connectivity index (χ0) is 15.8. The fourth-order valence-electron chi connectivity index (χ4n) is 2.04. The van der Waals surface area contributed by atoms with E-state index in [1.54, 1.807) is 0 Å². The first-order valence-electron chi connectivity index (χ1n) is 6.11. The highest BCUT2D eigenvalue weighted by atomic mass is 32.2. The molecule has 1 heterocycles. The van der Waals surface area contributed by atoms with Gasteiger partial charge in [0, 0.05) is 13.1 Å². The Kier molecular flexibility index (Phi) is 3.98. The third-order valence-electron chi connectivity index (χ3n) is 3.23. The summed E-state index contributed by atoms with van der Waals surface area (Å²) in [4.78, 5) is 11.2. The molecular formula is C12H13F3N2O3S. The maximum atomic E-state index is 12.5. The monoisotopic (exact) mass is 322 g/mol. The minimum Gasteiger partial charge on any atom is -0.353 e. The Morgan fingerprint density at radius 3 is 2.33 bits per heavy atom. The summed E-state index contributed by atoms with van der Waals surface area (Å²) in [5, 5.41) is 2.52. The third-order valence-corrected chi connectivity index (χ3v) is 5.22. The summed E-state index contributed by atoms with van der Waals surface area (Å²) in [6.45, 7) is 1.68. The molecule has 1 aromatic rings. The van der Waals surface area contributed by atoms with E-state index in [-0.39, 0.29) is 18.0 Å². The molecule has 1 saturated heterocycles. The molecule has 1 N–H and O–H groups in total. The second-order valence-electron chi connectivity index (χ2n) is 4.60. The van der Waals surface area contributed by atoms with Gasteiger partial charge in [-0.15, -0.1) is 0 Å². The van der Waals surface area contributed by atoms with E-state index >= 15 is 0 Å². The number of benzene rings is 1. The number of nitrogens with one attached hydrogen (secondary N) is 1. The molecule has 0 saturated carbocycles. The predicted molar refractivity (Wildman–Crippen MR) is 67.8 cm³/mol. The van der Waals surface area contributed by atoms with E-state index in [2.05, 4.69) is 5.32 Å². The topological polar surface area (TPSA) is 66.5 Å². The molecule has 0 spiro atoms. The van der Waals surface area contributed by atoms with Crippen molar-refractivity contribution in [3.8, 4) is 0 Å². The van der Waals surface area contributed by atoms with Gasteiger partial charge in [-0.05, 0) is 31.2 Å². The molecule has 0 aromatic heterocycles. The van der Waals surface area contributed by atoms with Crippen LogP contribution in [0.5, 0.6) is 0 Å². The Morgan fingerprint density at radius 2 is 1.81 bits per heavy atom. The van der Waals surface area contributed by atoms with Crippen molar-refractivity contribution in [1.29, 1.82) is 0 Å². The average molecular weight is 322 g/mol. The number of carbonyl (C=O) groups is 1. The average Bonchev–Trinajstić information content (AvgIpc) is 2.41. The van der Waals surface area contributed by atoms with Gasteiger partial charge in [-0.25, -0.2) is 8.42 Å². The number of rotatable bonds is 2. The van der Waals surface area contributed by atoms with Gasteiger partial charge in [-0.1, -0.05) is 0 Å². The van der Waals surface area contributed by atoms with E-state index in [1.165, 1.54) is 6.92 Å². The Labute approximate surface area is 119 Å². The molecule has 5 nitrogen and oxygen atoms in total. The normalized spacial score (nSPS) is 21.1. The Morgan fingerprint density at radius 1 is 1.24 bits per heavy atom. The van der Waals surface area contributed by atoms with Crippen molar-refractivity contribution in [3.05, 3.63) is 29.8 Å². The zero-order valence-electron chi connectivity index (χ0n) is 11.0. The van der Waals surface area contributed by atoms with Crippen LogP contribution in [0.25, 0.3) is 0 Å². The summed E-state index contributed by atoms with van der Waals surface area (Å²) in [6.07, 6.45) is -4.53. The Bertz CT molecular complexity index is 641. The van der Waals surface area contributed by atoms with Gasteiger partial charge in [-0.2, -0.15) is 17.5 Å². The van der Waals surface area contributed by atoms with Crippen molar-refractivity contribution in [2.75, 3.05) is 13.1 Å². The van der Waals surface area contributed by atoms with E-state index in [0.29, 0.717) is 12.1 Å². The lowest BCUT2D eigenvalue weighted by atomic mass is 10.2. The summed E-state index contributed by atoms with van der Waals surface area (Å²) in [5.74, 6) is -0.434. The summed E-state index contributed by atoms with van der Waals surface area (Å²) < 4.78 is 63.1. The third kappa shape index (κ3) is 3.03. The molecule has 1 atom stereocenters. The van der Waals surface area contributed by atoms with E-state index in [0.717, 1.165) is 16.4 Å². The van der Waals surface area contributed by atoms with Gasteiger partial charge in [-0.3, -0.25) is 4.79 Å². The first kappa shape index (κ1) is 15.8. The van der Waals surface area contributed by atoms with Crippen LogP contribution in [0.4, 0.5) is 13.2 Å². The molecule has 9 heteroatoms. The number of piperazine rings is 1. The molecular weight excluding hydrogens is 309 g/mol. The van der Waals surface area contributed by atoms with Crippen LogP contribution in [0.2, 0.25) is 0 Å². The molecule has 1 aliphatic heterocycles. The van der Waals surface area contributed by atoms with Crippen molar-refractivity contribution in [2.45, 2.75) is 24.0 Å². The van der Waals surface area contributed by atoms with Crippen LogP contribution in [0, 0.1) is 0 Å². The van der Waals surface area contributed by atoms with Crippen LogP contribution in [-0.4, -0.2) is 37.8 Å². The summed E-state index contributed by atoms with van der Waals surface area (Å²) in [7, 11) is -4.00. The predicted octanol–water partition coefficient (Wildman–Crippen LogP) is 1.21. The highest BCUT2D eigenvalue weighted by Gasteiger charge is 2.36. The maximum Gasteiger partial charge on any atom is 0.416 e. The number of hydrogen-bond donors (Lipinski definition) is 1. The van der Waals surface area contributed by atoms with Crippen molar-refractivity contribution in [1.82, 2.24) is 9.62 Å². The van der Waals surface area contributed by atoms with Crippen LogP contribution < -0.4 is 5.32 Å². The molecule has 21 heavy (non-hydrogen) atoms. The number of hydrogen-bond acceptors (Lipinski definition) is 3. The lowest BCUT2D eigenvalue weighted by Gasteiger charge is -2.31. The standard InChI is InChI=1S/C12H13F3N2O3S/c1-8-11(18)16-6-7-17(8)21(19,20)10-4-2-9(3-5-10)12(13,14)15/h2-5,8H,6-7H2,1H3,(H,16,18). The van der Waals surface area contributed by atoms with E-state index in [1.807, 2.05) is 0 Å². The summed E-state index contributed by atoms with van der Waals surface area (Å²) in [6, 6.07) is 2.32. The molecule has 1 amide bonds. The maximum absolute atomic E-state index is 12.5. The summed E-state index contributed by atoms with van der Waals surface area (Å²) in [5.41, 5.74) is -0.925. The molecule has 1 aliphatic rings. The first-order valence-corrected chi connectivity index (χ1v) is 7.55. The van der Waals surface area contributed by atoms with Crippen LogP contribution in [0.1, 0.15) is 12.5 Å². The fraction of sp³-hybridized carbons (Fsp3) is 0.417. The smallest absolute Gasteiger partial charge is 0.353 e. The van der Waals surface area contributed by atoms with E-state index in [4.69, 9.17) is 0 Å². The van der Waals surface area contributed by atoms with Gasteiger partial charge in [0.25, 0.3) is 0 Å². The number of sulfonamides is 1. The first-order chi connectivity index (χ1) is 9.64. The van der Waals surface area contributed by atoms with Crippen molar-refractivity contribution < 1.29 is 26.4 Å². The largest absolute Gasteiger partial charge is 0.416 e. The minimum atomic E-state index is -4.53. The number of nitrogens with zero attached hydrogens (tertiary/aromatic N) is 1. The fourth-order valence-corrected chi connectivity index (χ4v) is 3.64. The molecule has 0 radical (unpaired) electrons. The molecule has 0 bridgehead atoms. The number of alkyl halides is 3. The molecule has 0 aliphatic carbocycles. The van der Waals surface area contributed by atoms with Crippen molar-refractivity contribution >= 4 is 15.9 Å². The highest BCUT2D eigenvalue weighted by molar-refractivity contribution is 7.89. The van der Waals surface area contributed by atoms with E-state index < -0.39 is 33.7 Å². The van der Waals surface area contributed by atoms with Crippen LogP contribution >= 0.6 is 0 Å². The van der Waals surface area contributed by atoms with Crippen LogP contribution in [0.3, 0.4) is 0 Å². The second kappa shape index (κ2) is 5.30. The zero-order valence-corrected chi connectivity index (χ0v) is 11.8. The molecule has 2 rings (SSSR count). The van der Waals surface area contributed by atoms with Gasteiger partial charge < -0.3 is 5.32 Å². The van der Waals surface area contributed by atoms with Gasteiger partial charge in [0.05, 0.1) is 10.5 Å². The van der Waals surface area contributed by atoms with Gasteiger partial charge in [0.15, 0.2) is 0 Å². The molecule has 1 aromatic carbocycles. The second-order valence-corrected chi connectivity index (χ2v) is 6.50. The van der Waals surface area contributed by atoms with E-state index in [9.17, 15) is 26.4 Å². The molecule has 116 valence electrons. The number of halogens is 3. The number of amides is 1. The van der Waals surface area contributed by atoms with Crippen LogP contribution in [-0.2, 0) is 21.0 Å². The molecule has 1 unspecified atom stereocenters. The summed E-state index contributed by atoms with van der Waals surface area (Å²) >= 11 is 0. The lowest BCUT2D eigenvalue weighted by molar-refractivity contribution is -0.137. The van der Waals surface area contributed by atoms with Crippen molar-refractivity contribution in [2.24, 2.45) is 0 Å². The Hall–Kier alpha value is -1.61. The van der Waals surface area contributed by atoms with Crippen LogP contribution in [0.15, 0.2) is 29.2 Å². The number of carbonyl (C=O) groups excluding carboxylic acids is 1. The lowest BCUT2D eigenvalue weighted by Crippen LogP contribution is -2.55. The minimum absolute atomic E-state index is 0.0796.